The molecule has 1 unspecified atom stereocenters. The van der Waals surface area contributed by atoms with Crippen LogP contribution in [0, 0.1) is 5.92 Å². The summed E-state index contributed by atoms with van der Waals surface area (Å²) in [7, 11) is 3.49. The molecule has 0 spiro atoms. The molecule has 2 rings (SSSR count). The number of fused-ring (bicyclic) bond motifs is 1. The van der Waals surface area contributed by atoms with Gasteiger partial charge in [-0.2, -0.15) is 0 Å². The maximum absolute atomic E-state index is 5.27. The zero-order valence-corrected chi connectivity index (χ0v) is 14.7. The van der Waals surface area contributed by atoms with E-state index in [0.29, 0.717) is 12.0 Å². The van der Waals surface area contributed by atoms with Gasteiger partial charge in [-0.05, 0) is 47.4 Å². The molecular weight excluding hydrogens is 286 g/mol. The van der Waals surface area contributed by atoms with Crippen LogP contribution in [0.3, 0.4) is 0 Å². The molecule has 2 N–H and O–H groups in total. The van der Waals surface area contributed by atoms with Crippen molar-refractivity contribution >= 4 is 16.7 Å². The SMILES string of the molecule is CN=C(NCc1ccc2cc(OC)ccc2c1)NC(C)C(C)C. The number of benzene rings is 2. The van der Waals surface area contributed by atoms with Crippen molar-refractivity contribution in [2.75, 3.05) is 14.2 Å². The van der Waals surface area contributed by atoms with Gasteiger partial charge < -0.3 is 15.4 Å². The van der Waals surface area contributed by atoms with Crippen molar-refractivity contribution in [3.63, 3.8) is 0 Å². The third-order valence-electron chi connectivity index (χ3n) is 4.16. The van der Waals surface area contributed by atoms with Crippen LogP contribution in [-0.2, 0) is 6.54 Å². The van der Waals surface area contributed by atoms with Gasteiger partial charge in [-0.1, -0.05) is 32.0 Å². The first-order valence-corrected chi connectivity index (χ1v) is 8.07. The summed E-state index contributed by atoms with van der Waals surface area (Å²) in [6, 6.07) is 13.0. The molecule has 0 amide bonds. The molecule has 0 bridgehead atoms. The third-order valence-corrected chi connectivity index (χ3v) is 4.16. The van der Waals surface area contributed by atoms with E-state index >= 15 is 0 Å². The van der Waals surface area contributed by atoms with E-state index in [4.69, 9.17) is 4.74 Å². The van der Waals surface area contributed by atoms with Crippen LogP contribution in [0.5, 0.6) is 5.75 Å². The minimum atomic E-state index is 0.380. The average molecular weight is 313 g/mol. The number of aliphatic imine (C=N–C) groups is 1. The number of hydrogen-bond donors (Lipinski definition) is 2. The molecule has 0 aliphatic heterocycles. The standard InChI is InChI=1S/C19H27N3O/c1-13(2)14(3)22-19(20-4)21-12-15-6-7-17-11-18(23-5)9-8-16(17)10-15/h6-11,13-14H,12H2,1-5H3,(H2,20,21,22). The van der Waals surface area contributed by atoms with Crippen molar-refractivity contribution < 1.29 is 4.74 Å². The fourth-order valence-electron chi connectivity index (χ4n) is 2.27. The Morgan fingerprint density at radius 1 is 1.09 bits per heavy atom. The molecule has 0 heterocycles. The van der Waals surface area contributed by atoms with E-state index in [1.54, 1.807) is 14.2 Å². The quantitative estimate of drug-likeness (QED) is 0.655. The fraction of sp³-hybridized carbons (Fsp3) is 0.421. The summed E-state index contributed by atoms with van der Waals surface area (Å²) < 4.78 is 5.27. The van der Waals surface area contributed by atoms with Crippen LogP contribution in [0.15, 0.2) is 41.4 Å². The number of nitrogens with zero attached hydrogens (tertiary/aromatic N) is 1. The lowest BCUT2D eigenvalue weighted by Gasteiger charge is -2.20. The first-order chi connectivity index (χ1) is 11.0. The molecule has 2 aromatic carbocycles. The molecule has 0 radical (unpaired) electrons. The van der Waals surface area contributed by atoms with Gasteiger partial charge in [0.25, 0.3) is 0 Å². The van der Waals surface area contributed by atoms with Gasteiger partial charge in [-0.3, -0.25) is 4.99 Å². The summed E-state index contributed by atoms with van der Waals surface area (Å²) in [5.41, 5.74) is 1.22. The number of methoxy groups -OCH3 is 1. The molecule has 0 saturated carbocycles. The summed E-state index contributed by atoms with van der Waals surface area (Å²) in [5.74, 6) is 2.28. The molecule has 124 valence electrons. The number of ether oxygens (including phenoxy) is 1. The Labute approximate surface area is 139 Å². The fourth-order valence-corrected chi connectivity index (χ4v) is 2.27. The average Bonchev–Trinajstić information content (AvgIpc) is 2.57. The highest BCUT2D eigenvalue weighted by atomic mass is 16.5. The van der Waals surface area contributed by atoms with Gasteiger partial charge >= 0.3 is 0 Å². The van der Waals surface area contributed by atoms with E-state index in [1.807, 2.05) is 6.07 Å². The second kappa shape index (κ2) is 7.86. The Kier molecular flexibility index (Phi) is 5.85. The van der Waals surface area contributed by atoms with E-state index in [9.17, 15) is 0 Å². The summed E-state index contributed by atoms with van der Waals surface area (Å²) in [6.07, 6.45) is 0. The maximum Gasteiger partial charge on any atom is 0.191 e. The van der Waals surface area contributed by atoms with Crippen LogP contribution in [0.1, 0.15) is 26.3 Å². The van der Waals surface area contributed by atoms with Crippen molar-refractivity contribution in [2.45, 2.75) is 33.4 Å². The van der Waals surface area contributed by atoms with Crippen molar-refractivity contribution in [3.05, 3.63) is 42.0 Å². The molecule has 1 atom stereocenters. The minimum Gasteiger partial charge on any atom is -0.497 e. The number of rotatable bonds is 5. The van der Waals surface area contributed by atoms with Crippen molar-refractivity contribution in [2.24, 2.45) is 10.9 Å². The monoisotopic (exact) mass is 313 g/mol. The molecule has 23 heavy (non-hydrogen) atoms. The van der Waals surface area contributed by atoms with Gasteiger partial charge in [0.2, 0.25) is 0 Å². The van der Waals surface area contributed by atoms with Crippen molar-refractivity contribution in [3.8, 4) is 5.75 Å². The van der Waals surface area contributed by atoms with E-state index in [2.05, 4.69) is 66.7 Å². The molecule has 2 aromatic rings. The molecular formula is C19H27N3O. The predicted molar refractivity (Wildman–Crippen MR) is 98.1 cm³/mol. The first kappa shape index (κ1) is 17.1. The third kappa shape index (κ3) is 4.62. The lowest BCUT2D eigenvalue weighted by Crippen LogP contribution is -2.43. The highest BCUT2D eigenvalue weighted by Crippen LogP contribution is 2.21. The van der Waals surface area contributed by atoms with Crippen LogP contribution in [0.25, 0.3) is 10.8 Å². The molecule has 0 aromatic heterocycles. The maximum atomic E-state index is 5.27. The summed E-state index contributed by atoms with van der Waals surface area (Å²) in [6.45, 7) is 7.30. The van der Waals surface area contributed by atoms with E-state index in [0.717, 1.165) is 18.3 Å². The Bertz CT molecular complexity index is 679. The van der Waals surface area contributed by atoms with E-state index in [-0.39, 0.29) is 0 Å². The largest absolute Gasteiger partial charge is 0.497 e. The highest BCUT2D eigenvalue weighted by Gasteiger charge is 2.08. The molecule has 0 aliphatic carbocycles. The summed E-state index contributed by atoms with van der Waals surface area (Å²) in [4.78, 5) is 4.29. The van der Waals surface area contributed by atoms with Crippen molar-refractivity contribution in [1.29, 1.82) is 0 Å². The number of hydrogen-bond acceptors (Lipinski definition) is 2. The molecule has 4 nitrogen and oxygen atoms in total. The molecule has 0 fully saturated rings. The van der Waals surface area contributed by atoms with Gasteiger partial charge in [-0.15, -0.1) is 0 Å². The topological polar surface area (TPSA) is 45.7 Å². The second-order valence-electron chi connectivity index (χ2n) is 6.15. The van der Waals surface area contributed by atoms with E-state index in [1.165, 1.54) is 16.3 Å². The van der Waals surface area contributed by atoms with Crippen LogP contribution in [0.2, 0.25) is 0 Å². The van der Waals surface area contributed by atoms with Crippen LogP contribution < -0.4 is 15.4 Å². The van der Waals surface area contributed by atoms with Crippen molar-refractivity contribution in [1.82, 2.24) is 10.6 Å². The number of nitrogens with one attached hydrogen (secondary N) is 2. The smallest absolute Gasteiger partial charge is 0.191 e. The second-order valence-corrected chi connectivity index (χ2v) is 6.15. The first-order valence-electron chi connectivity index (χ1n) is 8.07. The van der Waals surface area contributed by atoms with Gasteiger partial charge in [0.05, 0.1) is 7.11 Å². The van der Waals surface area contributed by atoms with Gasteiger partial charge in [0.1, 0.15) is 5.75 Å². The Hall–Kier alpha value is -2.23. The van der Waals surface area contributed by atoms with Gasteiger partial charge in [0.15, 0.2) is 5.96 Å². The summed E-state index contributed by atoms with van der Waals surface area (Å²) >= 11 is 0. The van der Waals surface area contributed by atoms with Gasteiger partial charge in [0, 0.05) is 19.6 Å². The number of guanidine groups is 1. The Morgan fingerprint density at radius 2 is 1.78 bits per heavy atom. The zero-order chi connectivity index (χ0) is 16.8. The Balaban J connectivity index is 2.04. The lowest BCUT2D eigenvalue weighted by molar-refractivity contribution is 0.415. The Morgan fingerprint density at radius 3 is 2.43 bits per heavy atom. The summed E-state index contributed by atoms with van der Waals surface area (Å²) in [5, 5.41) is 9.18. The highest BCUT2D eigenvalue weighted by molar-refractivity contribution is 5.85. The predicted octanol–water partition coefficient (Wildman–Crippen LogP) is 3.56. The molecule has 0 aliphatic rings. The normalized spacial score (nSPS) is 13.2. The zero-order valence-electron chi connectivity index (χ0n) is 14.7. The van der Waals surface area contributed by atoms with Crippen LogP contribution in [0.4, 0.5) is 0 Å². The molecule has 0 saturated heterocycles. The van der Waals surface area contributed by atoms with E-state index < -0.39 is 0 Å². The van der Waals surface area contributed by atoms with Crippen LogP contribution >= 0.6 is 0 Å². The van der Waals surface area contributed by atoms with Crippen LogP contribution in [-0.4, -0.2) is 26.2 Å². The lowest BCUT2D eigenvalue weighted by atomic mass is 10.1. The minimum absolute atomic E-state index is 0.380. The molecule has 4 heteroatoms. The van der Waals surface area contributed by atoms with Gasteiger partial charge in [-0.25, -0.2) is 0 Å².